The third-order valence-corrected chi connectivity index (χ3v) is 6.35. The molecule has 0 unspecified atom stereocenters. The fourth-order valence-electron chi connectivity index (χ4n) is 3.13. The lowest BCUT2D eigenvalue weighted by Gasteiger charge is -2.34. The Kier molecular flexibility index (Phi) is 5.19. The summed E-state index contributed by atoms with van der Waals surface area (Å²) in [4.78, 5) is 23.9. The Morgan fingerprint density at radius 3 is 2.62 bits per heavy atom. The lowest BCUT2D eigenvalue weighted by Crippen LogP contribution is -2.48. The molecule has 3 aromatic rings. The van der Waals surface area contributed by atoms with Crippen molar-refractivity contribution >= 4 is 28.6 Å². The molecular weight excluding hydrogens is 366 g/mol. The normalized spacial score (nSPS) is 15.5. The highest BCUT2D eigenvalue weighted by atomic mass is 32.1. The molecule has 3 aromatic heterocycles. The summed E-state index contributed by atoms with van der Waals surface area (Å²) in [5.74, 6) is 1.48. The molecule has 0 N–H and O–H groups in total. The van der Waals surface area contributed by atoms with Crippen LogP contribution in [0.1, 0.15) is 16.3 Å². The van der Waals surface area contributed by atoms with E-state index in [4.69, 9.17) is 4.42 Å². The van der Waals surface area contributed by atoms with Crippen LogP contribution in [-0.2, 0) is 17.8 Å². The van der Waals surface area contributed by atoms with Gasteiger partial charge in [-0.25, -0.2) is 4.98 Å². The number of amides is 1. The molecule has 0 radical (unpaired) electrons. The Morgan fingerprint density at radius 1 is 1.15 bits per heavy atom. The van der Waals surface area contributed by atoms with Crippen molar-refractivity contribution in [2.45, 2.75) is 19.9 Å². The number of hydrogen-bond donors (Lipinski definition) is 0. The summed E-state index contributed by atoms with van der Waals surface area (Å²) in [6.45, 7) is 6.25. The smallest absolute Gasteiger partial charge is 0.236 e. The summed E-state index contributed by atoms with van der Waals surface area (Å²) in [5.41, 5.74) is 0.749. The van der Waals surface area contributed by atoms with Crippen LogP contribution in [0.25, 0.3) is 10.8 Å². The van der Waals surface area contributed by atoms with E-state index in [0.29, 0.717) is 12.3 Å². The van der Waals surface area contributed by atoms with Crippen LogP contribution >= 0.6 is 22.7 Å². The van der Waals surface area contributed by atoms with Crippen LogP contribution in [0.5, 0.6) is 0 Å². The Morgan fingerprint density at radius 2 is 1.92 bits per heavy atom. The average molecular weight is 388 g/mol. The zero-order valence-corrected chi connectivity index (χ0v) is 16.3. The molecule has 136 valence electrons. The maximum Gasteiger partial charge on any atom is 0.236 e. The molecule has 26 heavy (non-hydrogen) atoms. The first-order valence-corrected chi connectivity index (χ1v) is 10.5. The highest BCUT2D eigenvalue weighted by Gasteiger charge is 2.23. The van der Waals surface area contributed by atoms with E-state index in [1.807, 2.05) is 29.3 Å². The van der Waals surface area contributed by atoms with Crippen molar-refractivity contribution in [1.82, 2.24) is 14.8 Å². The predicted octanol–water partition coefficient (Wildman–Crippen LogP) is 3.66. The molecule has 1 amide bonds. The van der Waals surface area contributed by atoms with Crippen LogP contribution in [-0.4, -0.2) is 46.9 Å². The first kappa shape index (κ1) is 17.5. The number of aryl methyl sites for hydroxylation is 1. The van der Waals surface area contributed by atoms with Gasteiger partial charge in [-0.2, -0.15) is 0 Å². The van der Waals surface area contributed by atoms with Crippen LogP contribution in [0.3, 0.4) is 0 Å². The van der Waals surface area contributed by atoms with Gasteiger partial charge in [0.2, 0.25) is 11.8 Å². The van der Waals surface area contributed by atoms with Crippen molar-refractivity contribution in [2.75, 3.05) is 26.2 Å². The second-order valence-electron chi connectivity index (χ2n) is 6.41. The summed E-state index contributed by atoms with van der Waals surface area (Å²) in [7, 11) is 0. The molecule has 0 aromatic carbocycles. The Balaban J connectivity index is 1.33. The number of aromatic nitrogens is 1. The molecule has 1 aliphatic heterocycles. The van der Waals surface area contributed by atoms with Gasteiger partial charge in [0.05, 0.1) is 17.0 Å². The third-order valence-electron chi connectivity index (χ3n) is 4.63. The molecule has 4 rings (SSSR count). The predicted molar refractivity (Wildman–Crippen MR) is 104 cm³/mol. The van der Waals surface area contributed by atoms with Crippen molar-refractivity contribution in [3.05, 3.63) is 51.4 Å². The number of carbonyl (C=O) groups is 1. The van der Waals surface area contributed by atoms with E-state index in [0.717, 1.165) is 49.1 Å². The highest BCUT2D eigenvalue weighted by molar-refractivity contribution is 7.13. The van der Waals surface area contributed by atoms with Gasteiger partial charge in [0.1, 0.15) is 5.76 Å². The van der Waals surface area contributed by atoms with Crippen molar-refractivity contribution in [2.24, 2.45) is 0 Å². The van der Waals surface area contributed by atoms with Gasteiger partial charge < -0.3 is 9.32 Å². The molecule has 1 aliphatic rings. The van der Waals surface area contributed by atoms with Crippen LogP contribution in [0.4, 0.5) is 0 Å². The molecule has 0 spiro atoms. The number of nitrogens with zero attached hydrogens (tertiary/aromatic N) is 3. The molecule has 1 fully saturated rings. The number of piperazine rings is 1. The second kappa shape index (κ2) is 7.73. The number of rotatable bonds is 5. The quantitative estimate of drug-likeness (QED) is 0.670. The zero-order chi connectivity index (χ0) is 17.9. The molecular formula is C19H21N3O2S2. The lowest BCUT2D eigenvalue weighted by molar-refractivity contribution is -0.132. The van der Waals surface area contributed by atoms with Crippen LogP contribution in [0.15, 0.2) is 39.4 Å². The number of carbonyl (C=O) groups excluding carboxylic acids is 1. The van der Waals surface area contributed by atoms with Crippen molar-refractivity contribution in [3.63, 3.8) is 0 Å². The van der Waals surface area contributed by atoms with Crippen molar-refractivity contribution in [3.8, 4) is 10.8 Å². The highest BCUT2D eigenvalue weighted by Crippen LogP contribution is 2.26. The van der Waals surface area contributed by atoms with Crippen LogP contribution in [0, 0.1) is 6.92 Å². The fraction of sp³-hybridized carbons (Fsp3) is 0.368. The standard InChI is InChI=1S/C19H21N3O2S2/c1-14-16(20-19(24-14)17-5-3-11-26-17)12-18(23)22-8-6-21(7-9-22)13-15-4-2-10-25-15/h2-5,10-11H,6-9,12-13H2,1H3. The van der Waals surface area contributed by atoms with Gasteiger partial charge in [-0.15, -0.1) is 22.7 Å². The number of hydrogen-bond acceptors (Lipinski definition) is 6. The maximum atomic E-state index is 12.7. The molecule has 0 saturated carbocycles. The topological polar surface area (TPSA) is 49.6 Å². The van der Waals surface area contributed by atoms with E-state index in [1.165, 1.54) is 4.88 Å². The molecule has 7 heteroatoms. The van der Waals surface area contributed by atoms with E-state index >= 15 is 0 Å². The summed E-state index contributed by atoms with van der Waals surface area (Å²) in [6, 6.07) is 8.21. The molecule has 4 heterocycles. The summed E-state index contributed by atoms with van der Waals surface area (Å²) in [5, 5.41) is 4.11. The van der Waals surface area contributed by atoms with Crippen molar-refractivity contribution < 1.29 is 9.21 Å². The van der Waals surface area contributed by atoms with E-state index in [1.54, 1.807) is 22.7 Å². The number of thiophene rings is 2. The lowest BCUT2D eigenvalue weighted by atomic mass is 10.2. The second-order valence-corrected chi connectivity index (χ2v) is 8.39. The van der Waals surface area contributed by atoms with E-state index < -0.39 is 0 Å². The summed E-state index contributed by atoms with van der Waals surface area (Å²) >= 11 is 3.38. The first-order chi connectivity index (χ1) is 12.7. The van der Waals surface area contributed by atoms with E-state index in [-0.39, 0.29) is 5.91 Å². The van der Waals surface area contributed by atoms with Gasteiger partial charge in [-0.1, -0.05) is 12.1 Å². The minimum Gasteiger partial charge on any atom is -0.440 e. The SMILES string of the molecule is Cc1oc(-c2cccs2)nc1CC(=O)N1CCN(Cc2cccs2)CC1. The summed E-state index contributed by atoms with van der Waals surface area (Å²) in [6.07, 6.45) is 0.311. The molecule has 1 saturated heterocycles. The first-order valence-electron chi connectivity index (χ1n) is 8.72. The van der Waals surface area contributed by atoms with Gasteiger partial charge in [0.25, 0.3) is 0 Å². The third kappa shape index (κ3) is 3.90. The Hall–Kier alpha value is -1.96. The largest absolute Gasteiger partial charge is 0.440 e. The molecule has 0 aliphatic carbocycles. The van der Waals surface area contributed by atoms with Crippen LogP contribution < -0.4 is 0 Å². The van der Waals surface area contributed by atoms with Crippen molar-refractivity contribution in [1.29, 1.82) is 0 Å². The van der Waals surface area contributed by atoms with Gasteiger partial charge in [0.15, 0.2) is 0 Å². The molecule has 0 bridgehead atoms. The van der Waals surface area contributed by atoms with Crippen LogP contribution in [0.2, 0.25) is 0 Å². The van der Waals surface area contributed by atoms with Gasteiger partial charge in [-0.05, 0) is 29.8 Å². The van der Waals surface area contributed by atoms with Gasteiger partial charge in [-0.3, -0.25) is 9.69 Å². The van der Waals surface area contributed by atoms with E-state index in [9.17, 15) is 4.79 Å². The minimum atomic E-state index is 0.134. The monoisotopic (exact) mass is 387 g/mol. The summed E-state index contributed by atoms with van der Waals surface area (Å²) < 4.78 is 5.74. The zero-order valence-electron chi connectivity index (χ0n) is 14.7. The Labute approximate surface area is 160 Å². The van der Waals surface area contributed by atoms with Gasteiger partial charge in [0, 0.05) is 37.6 Å². The fourth-order valence-corrected chi connectivity index (χ4v) is 4.53. The van der Waals surface area contributed by atoms with Gasteiger partial charge >= 0.3 is 0 Å². The minimum absolute atomic E-state index is 0.134. The van der Waals surface area contributed by atoms with E-state index in [2.05, 4.69) is 27.4 Å². The maximum absolute atomic E-state index is 12.7. The molecule has 5 nitrogen and oxygen atoms in total. The Bertz CT molecular complexity index is 848. The average Bonchev–Trinajstić information content (AvgIpc) is 3.39. The number of oxazole rings is 1. The molecule has 0 atom stereocenters.